The zero-order valence-electron chi connectivity index (χ0n) is 29.1. The summed E-state index contributed by atoms with van der Waals surface area (Å²) in [6, 6.07) is 30.5. The van der Waals surface area contributed by atoms with Gasteiger partial charge in [-0.1, -0.05) is 84.4 Å². The van der Waals surface area contributed by atoms with E-state index in [4.69, 9.17) is 16.3 Å². The van der Waals surface area contributed by atoms with Crippen LogP contribution in [0.25, 0.3) is 11.1 Å². The summed E-state index contributed by atoms with van der Waals surface area (Å²) in [6.07, 6.45) is 3.79. The number of hydrogen-bond donors (Lipinski definition) is 1. The van der Waals surface area contributed by atoms with Crippen LogP contribution in [0.2, 0.25) is 5.02 Å². The van der Waals surface area contributed by atoms with E-state index in [-0.39, 0.29) is 24.2 Å². The molecule has 7 nitrogen and oxygen atoms in total. The highest BCUT2D eigenvalue weighted by molar-refractivity contribution is 7.98. The number of amides is 2. The number of likely N-dealkylation sites (tertiary alicyclic amines) is 1. The van der Waals surface area contributed by atoms with Crippen molar-refractivity contribution in [3.63, 3.8) is 0 Å². The zero-order chi connectivity index (χ0) is 35.6. The summed E-state index contributed by atoms with van der Waals surface area (Å²) in [5, 5.41) is 3.71. The third-order valence-corrected chi connectivity index (χ3v) is 11.1. The summed E-state index contributed by atoms with van der Waals surface area (Å²) < 4.78 is 20.3. The van der Waals surface area contributed by atoms with Crippen molar-refractivity contribution in [3.8, 4) is 11.1 Å². The van der Waals surface area contributed by atoms with Crippen molar-refractivity contribution in [2.45, 2.75) is 43.4 Å². The van der Waals surface area contributed by atoms with Gasteiger partial charge in [0.05, 0.1) is 0 Å². The van der Waals surface area contributed by atoms with Crippen LogP contribution < -0.4 is 5.32 Å². The summed E-state index contributed by atoms with van der Waals surface area (Å²) >= 11 is 7.96. The second-order valence-corrected chi connectivity index (χ2v) is 14.6. The number of nitrogens with one attached hydrogen (secondary N) is 1. The molecular formula is C41H46ClFN4O3S. The molecule has 0 radical (unpaired) electrons. The molecule has 51 heavy (non-hydrogen) atoms. The summed E-state index contributed by atoms with van der Waals surface area (Å²) in [7, 11) is 0. The Hall–Kier alpha value is -3.89. The topological polar surface area (TPSA) is 65.1 Å². The van der Waals surface area contributed by atoms with Crippen LogP contribution >= 0.6 is 23.4 Å². The van der Waals surface area contributed by atoms with Crippen LogP contribution in [0.4, 0.5) is 9.18 Å². The van der Waals surface area contributed by atoms with Gasteiger partial charge in [0.25, 0.3) is 0 Å². The first-order valence-corrected chi connectivity index (χ1v) is 19.3. The maximum atomic E-state index is 14.7. The maximum Gasteiger partial charge on any atom is 0.408 e. The number of alkyl carbamates (subject to hydrolysis) is 1. The van der Waals surface area contributed by atoms with Crippen LogP contribution in [-0.2, 0) is 29.1 Å². The lowest BCUT2D eigenvalue weighted by Crippen LogP contribution is -2.58. The van der Waals surface area contributed by atoms with E-state index in [0.29, 0.717) is 38.3 Å². The highest BCUT2D eigenvalue weighted by Crippen LogP contribution is 2.29. The Morgan fingerprint density at radius 3 is 2.29 bits per heavy atom. The van der Waals surface area contributed by atoms with Crippen LogP contribution in [0.1, 0.15) is 29.5 Å². The molecule has 1 atom stereocenters. The van der Waals surface area contributed by atoms with E-state index < -0.39 is 12.1 Å². The molecule has 4 aromatic carbocycles. The van der Waals surface area contributed by atoms with Crippen molar-refractivity contribution >= 4 is 35.4 Å². The molecule has 2 amide bonds. The van der Waals surface area contributed by atoms with Gasteiger partial charge in [-0.15, -0.1) is 11.8 Å². The number of thioether (sulfide) groups is 1. The molecule has 2 aliphatic rings. The van der Waals surface area contributed by atoms with Gasteiger partial charge >= 0.3 is 6.09 Å². The molecule has 0 unspecified atom stereocenters. The molecule has 10 heteroatoms. The van der Waals surface area contributed by atoms with Gasteiger partial charge < -0.3 is 19.9 Å². The summed E-state index contributed by atoms with van der Waals surface area (Å²) in [5.74, 6) is -0.300. The maximum absolute atomic E-state index is 14.7. The monoisotopic (exact) mass is 728 g/mol. The van der Waals surface area contributed by atoms with Gasteiger partial charge in [-0.3, -0.25) is 9.69 Å². The van der Waals surface area contributed by atoms with Gasteiger partial charge in [0.2, 0.25) is 5.91 Å². The van der Waals surface area contributed by atoms with Crippen molar-refractivity contribution in [1.82, 2.24) is 20.0 Å². The number of carbonyl (C=O) groups is 2. The Kier molecular flexibility index (Phi) is 13.1. The minimum absolute atomic E-state index is 0.0235. The van der Waals surface area contributed by atoms with Crippen LogP contribution in [-0.4, -0.2) is 84.8 Å². The van der Waals surface area contributed by atoms with Crippen molar-refractivity contribution in [2.24, 2.45) is 5.92 Å². The lowest BCUT2D eigenvalue weighted by molar-refractivity contribution is -0.137. The lowest BCUT2D eigenvalue weighted by Gasteiger charge is -2.40. The molecule has 4 aromatic rings. The van der Waals surface area contributed by atoms with Gasteiger partial charge in [0.1, 0.15) is 18.5 Å². The third kappa shape index (κ3) is 9.92. The number of hydrogen-bond acceptors (Lipinski definition) is 6. The molecule has 2 aliphatic heterocycles. The standard InChI is InChI=1S/C41H46ClFN4O3S/c1-51-38-14-8-13-37(43)36(38)28-46-23-25-47(26-24-46)40(48)39(44-41(49)50-29-30-9-4-2-5-10-30)32-17-20-45(21-18-32)22-19-33-27-34(42)15-16-35(33)31-11-6-3-7-12-31/h2-16,27,32,39H,17-26,28-29H2,1H3,(H,44,49)/t39-/m1/s1. The molecule has 2 saturated heterocycles. The summed E-state index contributed by atoms with van der Waals surface area (Å²) in [5.41, 5.74) is 5.16. The fraction of sp³-hybridized carbons (Fsp3) is 0.366. The molecule has 0 saturated carbocycles. The molecular weight excluding hydrogens is 683 g/mol. The number of benzene rings is 4. The van der Waals surface area contributed by atoms with Crippen molar-refractivity contribution < 1.29 is 18.7 Å². The van der Waals surface area contributed by atoms with Gasteiger partial charge in [-0.25, -0.2) is 9.18 Å². The number of piperidine rings is 1. The molecule has 1 N–H and O–H groups in total. The number of ether oxygens (including phenoxy) is 1. The first-order valence-electron chi connectivity index (χ1n) is 17.7. The quantitative estimate of drug-likeness (QED) is 0.151. The third-order valence-electron chi connectivity index (χ3n) is 10.1. The van der Waals surface area contributed by atoms with E-state index in [1.54, 1.807) is 17.8 Å². The number of carbonyl (C=O) groups excluding carboxylic acids is 2. The minimum Gasteiger partial charge on any atom is -0.445 e. The van der Waals surface area contributed by atoms with E-state index in [9.17, 15) is 14.0 Å². The first-order chi connectivity index (χ1) is 24.9. The Morgan fingerprint density at radius 1 is 0.882 bits per heavy atom. The molecule has 268 valence electrons. The number of nitrogens with zero attached hydrogens (tertiary/aromatic N) is 3. The number of halogens is 2. The Balaban J connectivity index is 1.08. The largest absolute Gasteiger partial charge is 0.445 e. The highest BCUT2D eigenvalue weighted by Gasteiger charge is 2.36. The second kappa shape index (κ2) is 18.0. The Bertz CT molecular complexity index is 1750. The zero-order valence-corrected chi connectivity index (χ0v) is 30.7. The molecule has 0 aromatic heterocycles. The van der Waals surface area contributed by atoms with E-state index >= 15 is 0 Å². The highest BCUT2D eigenvalue weighted by atomic mass is 35.5. The number of rotatable bonds is 12. The van der Waals surface area contributed by atoms with Crippen molar-refractivity contribution in [1.29, 1.82) is 0 Å². The van der Waals surface area contributed by atoms with Gasteiger partial charge in [-0.05, 0) is 91.0 Å². The molecule has 0 bridgehead atoms. The van der Waals surface area contributed by atoms with E-state index in [0.717, 1.165) is 54.4 Å². The minimum atomic E-state index is -0.686. The van der Waals surface area contributed by atoms with Crippen molar-refractivity contribution in [2.75, 3.05) is 52.1 Å². The van der Waals surface area contributed by atoms with Crippen molar-refractivity contribution in [3.05, 3.63) is 125 Å². The van der Waals surface area contributed by atoms with E-state index in [2.05, 4.69) is 51.5 Å². The fourth-order valence-electron chi connectivity index (χ4n) is 7.16. The number of piperazine rings is 1. The SMILES string of the molecule is CSc1cccc(F)c1CN1CCN(C(=O)[C@H](NC(=O)OCc2ccccc2)C2CCN(CCc3cc(Cl)ccc3-c3ccccc3)CC2)CC1. The molecule has 6 rings (SSSR count). The van der Waals surface area contributed by atoms with Crippen LogP contribution in [0, 0.1) is 11.7 Å². The Labute approximate surface area is 310 Å². The Morgan fingerprint density at radius 2 is 1.59 bits per heavy atom. The molecule has 0 aliphatic carbocycles. The van der Waals surface area contributed by atoms with E-state index in [1.165, 1.54) is 22.8 Å². The van der Waals surface area contributed by atoms with Crippen LogP contribution in [0.3, 0.4) is 0 Å². The summed E-state index contributed by atoms with van der Waals surface area (Å²) in [4.78, 5) is 34.7. The predicted octanol–water partition coefficient (Wildman–Crippen LogP) is 7.76. The molecule has 0 spiro atoms. The van der Waals surface area contributed by atoms with Gasteiger partial charge in [0.15, 0.2) is 0 Å². The van der Waals surface area contributed by atoms with Crippen LogP contribution in [0.15, 0.2) is 102 Å². The molecule has 2 heterocycles. The predicted molar refractivity (Wildman–Crippen MR) is 203 cm³/mol. The fourth-order valence-corrected chi connectivity index (χ4v) is 7.98. The lowest BCUT2D eigenvalue weighted by atomic mass is 9.88. The van der Waals surface area contributed by atoms with Crippen LogP contribution in [0.5, 0.6) is 0 Å². The normalized spacial score (nSPS) is 16.5. The summed E-state index contributed by atoms with van der Waals surface area (Å²) in [6.45, 7) is 5.45. The average molecular weight is 729 g/mol. The van der Waals surface area contributed by atoms with Gasteiger partial charge in [-0.2, -0.15) is 0 Å². The second-order valence-electron chi connectivity index (χ2n) is 13.3. The molecule has 2 fully saturated rings. The first kappa shape index (κ1) is 36.9. The van der Waals surface area contributed by atoms with E-state index in [1.807, 2.05) is 59.7 Å². The van der Waals surface area contributed by atoms with Gasteiger partial charge in [0, 0.05) is 54.8 Å². The smallest absolute Gasteiger partial charge is 0.408 e. The average Bonchev–Trinajstić information content (AvgIpc) is 3.17.